The van der Waals surface area contributed by atoms with Gasteiger partial charge < -0.3 is 9.64 Å². The molecule has 0 spiro atoms. The largest absolute Gasteiger partial charge is 0.497 e. The molecule has 3 aromatic carbocycles. The van der Waals surface area contributed by atoms with Crippen LogP contribution in [0.25, 0.3) is 6.08 Å². The van der Waals surface area contributed by atoms with Crippen LogP contribution in [0.3, 0.4) is 0 Å². The lowest BCUT2D eigenvalue weighted by atomic mass is 9.98. The quantitative estimate of drug-likeness (QED) is 0.586. The average Bonchev–Trinajstić information content (AvgIpc) is 2.81. The van der Waals surface area contributed by atoms with E-state index in [-0.39, 0.29) is 18.4 Å². The molecule has 1 aliphatic heterocycles. The summed E-state index contributed by atoms with van der Waals surface area (Å²) < 4.78 is 5.26. The molecule has 1 fully saturated rings. The Hall–Kier alpha value is -3.86. The molecule has 1 heterocycles. The van der Waals surface area contributed by atoms with E-state index in [4.69, 9.17) is 4.74 Å². The summed E-state index contributed by atoms with van der Waals surface area (Å²) in [6.45, 7) is 3.84. The molecule has 0 radical (unpaired) electrons. The second-order valence-electron chi connectivity index (χ2n) is 7.87. The monoisotopic (exact) mass is 426 g/mol. The van der Waals surface area contributed by atoms with Crippen molar-refractivity contribution in [3.63, 3.8) is 0 Å². The lowest BCUT2D eigenvalue weighted by Gasteiger charge is -2.41. The third-order valence-electron chi connectivity index (χ3n) is 5.70. The van der Waals surface area contributed by atoms with Gasteiger partial charge in [-0.2, -0.15) is 0 Å². The smallest absolute Gasteiger partial charge is 0.254 e. The molecule has 162 valence electrons. The Morgan fingerprint density at radius 3 is 2.25 bits per heavy atom. The zero-order valence-electron chi connectivity index (χ0n) is 18.5. The number of piperazine rings is 1. The molecule has 5 heteroatoms. The van der Waals surface area contributed by atoms with Gasteiger partial charge in [-0.15, -0.1) is 0 Å². The molecule has 5 nitrogen and oxygen atoms in total. The van der Waals surface area contributed by atoms with Gasteiger partial charge in [-0.05, 0) is 60.9 Å². The lowest BCUT2D eigenvalue weighted by Crippen LogP contribution is -2.61. The first-order valence-corrected chi connectivity index (χ1v) is 10.6. The van der Waals surface area contributed by atoms with Gasteiger partial charge in [-0.25, -0.2) is 0 Å². The third-order valence-corrected chi connectivity index (χ3v) is 5.70. The highest BCUT2D eigenvalue weighted by molar-refractivity contribution is 6.16. The van der Waals surface area contributed by atoms with E-state index in [0.717, 1.165) is 22.4 Å². The Bertz CT molecular complexity index is 1150. The van der Waals surface area contributed by atoms with Crippen molar-refractivity contribution in [3.05, 3.63) is 95.6 Å². The SMILES string of the molecule is COc1ccc(N2C(=O)CN(c3ccccc3C)C(=O)C2/C(C)=C/c2ccccc2)cc1. The van der Waals surface area contributed by atoms with E-state index in [1.54, 1.807) is 29.0 Å². The van der Waals surface area contributed by atoms with Gasteiger partial charge in [0.2, 0.25) is 5.91 Å². The summed E-state index contributed by atoms with van der Waals surface area (Å²) in [5.41, 5.74) is 4.16. The van der Waals surface area contributed by atoms with Crippen LogP contribution in [0, 0.1) is 6.92 Å². The maximum atomic E-state index is 13.8. The summed E-state index contributed by atoms with van der Waals surface area (Å²) >= 11 is 0. The predicted octanol–water partition coefficient (Wildman–Crippen LogP) is 4.86. The molecule has 4 rings (SSSR count). The van der Waals surface area contributed by atoms with E-state index >= 15 is 0 Å². The van der Waals surface area contributed by atoms with Crippen LogP contribution in [0.15, 0.2) is 84.4 Å². The Morgan fingerprint density at radius 2 is 1.59 bits per heavy atom. The number of benzene rings is 3. The zero-order chi connectivity index (χ0) is 22.7. The van der Waals surface area contributed by atoms with E-state index in [1.807, 2.05) is 86.7 Å². The number of amides is 2. The van der Waals surface area contributed by atoms with Crippen molar-refractivity contribution < 1.29 is 14.3 Å². The van der Waals surface area contributed by atoms with Crippen LogP contribution in [0.5, 0.6) is 5.75 Å². The van der Waals surface area contributed by atoms with Gasteiger partial charge in [-0.3, -0.25) is 14.5 Å². The van der Waals surface area contributed by atoms with Crippen LogP contribution < -0.4 is 14.5 Å². The Kier molecular flexibility index (Phi) is 6.08. The van der Waals surface area contributed by atoms with Gasteiger partial charge in [0.05, 0.1) is 7.11 Å². The highest BCUT2D eigenvalue weighted by Crippen LogP contribution is 2.32. The number of anilines is 2. The van der Waals surface area contributed by atoms with Gasteiger partial charge in [0.15, 0.2) is 0 Å². The Labute approximate surface area is 188 Å². The maximum Gasteiger partial charge on any atom is 0.254 e. The van der Waals surface area contributed by atoms with E-state index < -0.39 is 6.04 Å². The summed E-state index contributed by atoms with van der Waals surface area (Å²) in [6.07, 6.45) is 1.97. The number of carbonyl (C=O) groups is 2. The number of aryl methyl sites for hydroxylation is 1. The van der Waals surface area contributed by atoms with Gasteiger partial charge in [0.25, 0.3) is 5.91 Å². The van der Waals surface area contributed by atoms with Crippen molar-refractivity contribution in [1.29, 1.82) is 0 Å². The molecule has 1 atom stereocenters. The molecule has 0 N–H and O–H groups in total. The van der Waals surface area contributed by atoms with Crippen LogP contribution >= 0.6 is 0 Å². The predicted molar refractivity (Wildman–Crippen MR) is 128 cm³/mol. The van der Waals surface area contributed by atoms with Crippen LogP contribution in [-0.2, 0) is 9.59 Å². The Morgan fingerprint density at radius 1 is 0.938 bits per heavy atom. The molecule has 0 aromatic heterocycles. The molecule has 1 unspecified atom stereocenters. The fraction of sp³-hybridized carbons (Fsp3) is 0.185. The number of ether oxygens (including phenoxy) is 1. The molecule has 32 heavy (non-hydrogen) atoms. The maximum absolute atomic E-state index is 13.8. The number of nitrogens with zero attached hydrogens (tertiary/aromatic N) is 2. The first-order valence-electron chi connectivity index (χ1n) is 10.6. The number of rotatable bonds is 5. The molecule has 1 saturated heterocycles. The van der Waals surface area contributed by atoms with Crippen molar-refractivity contribution >= 4 is 29.3 Å². The zero-order valence-corrected chi connectivity index (χ0v) is 18.5. The van der Waals surface area contributed by atoms with Crippen molar-refractivity contribution in [2.45, 2.75) is 19.9 Å². The van der Waals surface area contributed by atoms with E-state index in [1.165, 1.54) is 0 Å². The number of methoxy groups -OCH3 is 1. The Balaban J connectivity index is 1.80. The van der Waals surface area contributed by atoms with E-state index in [0.29, 0.717) is 11.4 Å². The summed E-state index contributed by atoms with van der Waals surface area (Å²) in [5, 5.41) is 0. The lowest BCUT2D eigenvalue weighted by molar-refractivity contribution is -0.127. The number of para-hydroxylation sites is 1. The third kappa shape index (κ3) is 4.14. The molecule has 2 amide bonds. The van der Waals surface area contributed by atoms with Gasteiger partial charge in [0, 0.05) is 11.4 Å². The summed E-state index contributed by atoms with van der Waals surface area (Å²) in [5.74, 6) is 0.433. The minimum Gasteiger partial charge on any atom is -0.497 e. The molecular formula is C27H26N2O3. The standard InChI is InChI=1S/C27H26N2O3/c1-19-9-7-8-12-24(19)28-18-25(30)29(22-13-15-23(32-3)16-14-22)26(27(28)31)20(2)17-21-10-5-4-6-11-21/h4-17,26H,18H2,1-3H3/b20-17+. The van der Waals surface area contributed by atoms with Gasteiger partial charge in [-0.1, -0.05) is 54.6 Å². The second kappa shape index (κ2) is 9.10. The topological polar surface area (TPSA) is 49.9 Å². The molecule has 3 aromatic rings. The van der Waals surface area contributed by atoms with Crippen molar-refractivity contribution in [2.75, 3.05) is 23.5 Å². The molecule has 1 aliphatic rings. The molecular weight excluding hydrogens is 400 g/mol. The molecule has 0 bridgehead atoms. The van der Waals surface area contributed by atoms with Gasteiger partial charge >= 0.3 is 0 Å². The number of hydrogen-bond acceptors (Lipinski definition) is 3. The number of hydrogen-bond donors (Lipinski definition) is 0. The first-order chi connectivity index (χ1) is 15.5. The van der Waals surface area contributed by atoms with E-state index in [2.05, 4.69) is 0 Å². The fourth-order valence-electron chi connectivity index (χ4n) is 4.09. The minimum atomic E-state index is -0.746. The van der Waals surface area contributed by atoms with E-state index in [9.17, 15) is 9.59 Å². The molecule has 0 aliphatic carbocycles. The van der Waals surface area contributed by atoms with Crippen molar-refractivity contribution in [3.8, 4) is 5.75 Å². The summed E-state index contributed by atoms with van der Waals surface area (Å²) in [7, 11) is 1.60. The van der Waals surface area contributed by atoms with Gasteiger partial charge in [0.1, 0.15) is 18.3 Å². The summed E-state index contributed by atoms with van der Waals surface area (Å²) in [6, 6.07) is 24.0. The summed E-state index contributed by atoms with van der Waals surface area (Å²) in [4.78, 5) is 30.5. The van der Waals surface area contributed by atoms with Crippen molar-refractivity contribution in [2.24, 2.45) is 0 Å². The van der Waals surface area contributed by atoms with Crippen molar-refractivity contribution in [1.82, 2.24) is 0 Å². The van der Waals surface area contributed by atoms with Crippen LogP contribution in [0.4, 0.5) is 11.4 Å². The minimum absolute atomic E-state index is 0.00909. The molecule has 0 saturated carbocycles. The van der Waals surface area contributed by atoms with Crippen LogP contribution in [-0.4, -0.2) is 31.5 Å². The number of carbonyl (C=O) groups excluding carboxylic acids is 2. The van der Waals surface area contributed by atoms with Crippen LogP contribution in [0.1, 0.15) is 18.1 Å². The average molecular weight is 427 g/mol. The fourth-order valence-corrected chi connectivity index (χ4v) is 4.09. The normalized spacial score (nSPS) is 17.0. The highest BCUT2D eigenvalue weighted by Gasteiger charge is 2.42. The second-order valence-corrected chi connectivity index (χ2v) is 7.87. The highest BCUT2D eigenvalue weighted by atomic mass is 16.5. The van der Waals surface area contributed by atoms with Crippen LogP contribution in [0.2, 0.25) is 0 Å². The first kappa shape index (κ1) is 21.4.